The van der Waals surface area contributed by atoms with Crippen molar-refractivity contribution in [2.24, 2.45) is 0 Å². The monoisotopic (exact) mass is 207 g/mol. The van der Waals surface area contributed by atoms with Crippen molar-refractivity contribution < 1.29 is 4.43 Å². The van der Waals surface area contributed by atoms with E-state index < -0.39 is 9.04 Å². The van der Waals surface area contributed by atoms with Crippen molar-refractivity contribution in [2.75, 3.05) is 0 Å². The minimum atomic E-state index is -0.599. The first-order valence-electron chi connectivity index (χ1n) is 5.44. The molecule has 0 bridgehead atoms. The van der Waals surface area contributed by atoms with Crippen LogP contribution < -0.4 is 4.43 Å². The highest BCUT2D eigenvalue weighted by Gasteiger charge is 2.12. The molecule has 0 amide bonds. The summed E-state index contributed by atoms with van der Waals surface area (Å²) in [5.74, 6) is 1.04. The predicted octanol–water partition coefficient (Wildman–Crippen LogP) is 3.88. The normalized spacial score (nSPS) is 10.5. The molecule has 1 nitrogen and oxygen atoms in total. The summed E-state index contributed by atoms with van der Waals surface area (Å²) in [5.41, 5.74) is 0. The van der Waals surface area contributed by atoms with Crippen LogP contribution in [0, 0.1) is 0 Å². The maximum Gasteiger partial charge on any atom is 0.280 e. The highest BCUT2D eigenvalue weighted by Crippen LogP contribution is 2.14. The zero-order valence-electron chi connectivity index (χ0n) is 9.12. The molecular formula is C12H19OSi. The zero-order chi connectivity index (χ0) is 10.2. The van der Waals surface area contributed by atoms with Crippen LogP contribution in [0.4, 0.5) is 0 Å². The largest absolute Gasteiger partial charge is 0.542 e. The second-order valence-electron chi connectivity index (χ2n) is 3.45. The van der Waals surface area contributed by atoms with Crippen LogP contribution in [0.25, 0.3) is 0 Å². The molecule has 0 aromatic heterocycles. The van der Waals surface area contributed by atoms with Crippen LogP contribution >= 0.6 is 0 Å². The van der Waals surface area contributed by atoms with Crippen molar-refractivity contribution in [3.8, 4) is 5.75 Å². The van der Waals surface area contributed by atoms with Crippen molar-refractivity contribution in [1.82, 2.24) is 0 Å². The molecule has 0 N–H and O–H groups in total. The number of para-hydroxylation sites is 1. The van der Waals surface area contributed by atoms with Crippen LogP contribution in [-0.2, 0) is 0 Å². The maximum atomic E-state index is 6.00. The molecule has 0 aliphatic carbocycles. The Balaban J connectivity index is 2.46. The van der Waals surface area contributed by atoms with Gasteiger partial charge in [0.25, 0.3) is 9.04 Å². The van der Waals surface area contributed by atoms with Gasteiger partial charge in [0.2, 0.25) is 0 Å². The molecule has 77 valence electrons. The van der Waals surface area contributed by atoms with Crippen LogP contribution in [0.3, 0.4) is 0 Å². The third-order valence-electron chi connectivity index (χ3n) is 2.06. The van der Waals surface area contributed by atoms with E-state index in [1.165, 1.54) is 24.9 Å². The standard InChI is InChI=1S/C12H19OSi/c1-3-10-14(11-4-2)13-12-8-6-5-7-9-12/h5-9H,3-4,10-11H2,1-2H3. The summed E-state index contributed by atoms with van der Waals surface area (Å²) in [6.45, 7) is 4.46. The van der Waals surface area contributed by atoms with E-state index in [1.54, 1.807) is 0 Å². The van der Waals surface area contributed by atoms with Gasteiger partial charge < -0.3 is 4.43 Å². The topological polar surface area (TPSA) is 9.23 Å². The van der Waals surface area contributed by atoms with Gasteiger partial charge in [-0.2, -0.15) is 0 Å². The maximum absolute atomic E-state index is 6.00. The van der Waals surface area contributed by atoms with Gasteiger partial charge in [-0.1, -0.05) is 44.9 Å². The number of rotatable bonds is 6. The lowest BCUT2D eigenvalue weighted by Gasteiger charge is -2.14. The lowest BCUT2D eigenvalue weighted by atomic mass is 10.3. The minimum Gasteiger partial charge on any atom is -0.542 e. The van der Waals surface area contributed by atoms with Crippen LogP contribution in [0.15, 0.2) is 30.3 Å². The van der Waals surface area contributed by atoms with Crippen LogP contribution in [-0.4, -0.2) is 9.04 Å². The van der Waals surface area contributed by atoms with Gasteiger partial charge in [0.1, 0.15) is 5.75 Å². The Morgan fingerprint density at radius 3 is 2.07 bits per heavy atom. The highest BCUT2D eigenvalue weighted by molar-refractivity contribution is 6.52. The van der Waals surface area contributed by atoms with Crippen molar-refractivity contribution in [1.29, 1.82) is 0 Å². The first-order chi connectivity index (χ1) is 6.86. The summed E-state index contributed by atoms with van der Waals surface area (Å²) in [6.07, 6.45) is 2.47. The van der Waals surface area contributed by atoms with Crippen molar-refractivity contribution in [3.05, 3.63) is 30.3 Å². The lowest BCUT2D eigenvalue weighted by molar-refractivity contribution is 0.558. The SMILES string of the molecule is CCC[Si](CCC)Oc1ccccc1. The Hall–Kier alpha value is -0.763. The average molecular weight is 207 g/mol. The number of hydrogen-bond donors (Lipinski definition) is 0. The van der Waals surface area contributed by atoms with Gasteiger partial charge in [-0.25, -0.2) is 0 Å². The van der Waals surface area contributed by atoms with Gasteiger partial charge >= 0.3 is 0 Å². The second-order valence-corrected chi connectivity index (χ2v) is 5.74. The molecule has 1 radical (unpaired) electrons. The van der Waals surface area contributed by atoms with E-state index in [0.717, 1.165) is 5.75 Å². The summed E-state index contributed by atoms with van der Waals surface area (Å²) < 4.78 is 6.00. The third-order valence-corrected chi connectivity index (χ3v) is 4.70. The molecule has 0 saturated heterocycles. The van der Waals surface area contributed by atoms with Crippen molar-refractivity contribution >= 4 is 9.04 Å². The first-order valence-corrected chi connectivity index (χ1v) is 7.26. The van der Waals surface area contributed by atoms with E-state index >= 15 is 0 Å². The molecule has 0 aliphatic heterocycles. The smallest absolute Gasteiger partial charge is 0.280 e. The molecule has 14 heavy (non-hydrogen) atoms. The van der Waals surface area contributed by atoms with Gasteiger partial charge in [0.15, 0.2) is 0 Å². The average Bonchev–Trinajstić information content (AvgIpc) is 2.20. The molecule has 0 heterocycles. The fourth-order valence-electron chi connectivity index (χ4n) is 1.44. The summed E-state index contributed by atoms with van der Waals surface area (Å²) in [4.78, 5) is 0. The van der Waals surface area contributed by atoms with Gasteiger partial charge in [-0.05, 0) is 24.2 Å². The van der Waals surface area contributed by atoms with Gasteiger partial charge in [0, 0.05) is 0 Å². The second kappa shape index (κ2) is 6.66. The van der Waals surface area contributed by atoms with Gasteiger partial charge in [-0.3, -0.25) is 0 Å². The van der Waals surface area contributed by atoms with Crippen molar-refractivity contribution in [3.63, 3.8) is 0 Å². The Morgan fingerprint density at radius 1 is 1.00 bits per heavy atom. The summed E-state index contributed by atoms with van der Waals surface area (Å²) in [6, 6.07) is 12.7. The molecule has 0 atom stereocenters. The molecular weight excluding hydrogens is 188 g/mol. The Morgan fingerprint density at radius 2 is 1.57 bits per heavy atom. The van der Waals surface area contributed by atoms with Crippen molar-refractivity contribution in [2.45, 2.75) is 38.8 Å². The minimum absolute atomic E-state index is 0.599. The first kappa shape index (κ1) is 11.3. The highest BCUT2D eigenvalue weighted by atomic mass is 28.3. The summed E-state index contributed by atoms with van der Waals surface area (Å²) >= 11 is 0. The molecule has 0 saturated carbocycles. The van der Waals surface area contributed by atoms with Crippen LogP contribution in [0.1, 0.15) is 26.7 Å². The molecule has 2 heteroatoms. The summed E-state index contributed by atoms with van der Waals surface area (Å²) in [5, 5.41) is 0. The number of hydrogen-bond acceptors (Lipinski definition) is 1. The molecule has 0 unspecified atom stereocenters. The van der Waals surface area contributed by atoms with E-state index in [9.17, 15) is 0 Å². The Kier molecular flexibility index (Phi) is 5.38. The third kappa shape index (κ3) is 3.96. The Labute approximate surface area is 88.8 Å². The van der Waals surface area contributed by atoms with E-state index in [2.05, 4.69) is 26.0 Å². The van der Waals surface area contributed by atoms with E-state index in [1.807, 2.05) is 18.2 Å². The van der Waals surface area contributed by atoms with Gasteiger partial charge in [0.05, 0.1) is 0 Å². The lowest BCUT2D eigenvalue weighted by Crippen LogP contribution is -2.20. The number of benzene rings is 1. The molecule has 0 fully saturated rings. The van der Waals surface area contributed by atoms with E-state index in [4.69, 9.17) is 4.43 Å². The molecule has 1 aromatic rings. The van der Waals surface area contributed by atoms with Crippen LogP contribution in [0.5, 0.6) is 5.75 Å². The molecule has 0 aliphatic rings. The van der Waals surface area contributed by atoms with Gasteiger partial charge in [-0.15, -0.1) is 0 Å². The van der Waals surface area contributed by atoms with E-state index in [0.29, 0.717) is 0 Å². The molecule has 0 spiro atoms. The van der Waals surface area contributed by atoms with Crippen LogP contribution in [0.2, 0.25) is 12.1 Å². The molecule has 1 rings (SSSR count). The fraction of sp³-hybridized carbons (Fsp3) is 0.500. The fourth-order valence-corrected chi connectivity index (χ4v) is 3.48. The Bertz CT molecular complexity index is 229. The quantitative estimate of drug-likeness (QED) is 0.643. The summed E-state index contributed by atoms with van der Waals surface area (Å²) in [7, 11) is -0.599. The van der Waals surface area contributed by atoms with E-state index in [-0.39, 0.29) is 0 Å². The molecule has 1 aromatic carbocycles. The zero-order valence-corrected chi connectivity index (χ0v) is 10.1. The predicted molar refractivity (Wildman–Crippen MR) is 63.0 cm³/mol.